The van der Waals surface area contributed by atoms with E-state index in [1.807, 2.05) is 6.20 Å². The van der Waals surface area contributed by atoms with Crippen LogP contribution in [0.4, 0.5) is 0 Å². The molecule has 2 heteroatoms. The fourth-order valence-corrected chi connectivity index (χ4v) is 1.97. The Balaban J connectivity index is 2.32. The molecule has 2 nitrogen and oxygen atoms in total. The maximum absolute atomic E-state index is 4.08. The Labute approximate surface area is 67.0 Å². The predicted octanol–water partition coefficient (Wildman–Crippen LogP) is 2.24. The predicted molar refractivity (Wildman–Crippen MR) is 44.6 cm³/mol. The molecule has 0 aliphatic heterocycles. The molecule has 0 fully saturated rings. The van der Waals surface area contributed by atoms with Crippen molar-refractivity contribution in [3.63, 3.8) is 0 Å². The summed E-state index contributed by atoms with van der Waals surface area (Å²) in [6, 6.07) is 0. The molecule has 60 valence electrons. The van der Waals surface area contributed by atoms with Gasteiger partial charge in [-0.2, -0.15) is 5.10 Å². The third-order valence-electron chi connectivity index (χ3n) is 2.65. The molecule has 0 saturated heterocycles. The van der Waals surface area contributed by atoms with Crippen molar-refractivity contribution in [3.8, 4) is 0 Å². The first-order chi connectivity index (χ1) is 5.42. The number of hydrogen-bond acceptors (Lipinski definition) is 1. The first-order valence-electron chi connectivity index (χ1n) is 4.44. The van der Waals surface area contributed by atoms with Gasteiger partial charge >= 0.3 is 0 Å². The molecule has 0 radical (unpaired) electrons. The molecule has 0 aromatic carbocycles. The van der Waals surface area contributed by atoms with Crippen molar-refractivity contribution in [2.75, 3.05) is 0 Å². The van der Waals surface area contributed by atoms with E-state index in [2.05, 4.69) is 17.1 Å². The number of aryl methyl sites for hydroxylation is 1. The quantitative estimate of drug-likeness (QED) is 0.653. The molecule has 1 aromatic heterocycles. The maximum atomic E-state index is 4.08. The third kappa shape index (κ3) is 1.06. The normalized spacial score (nSPS) is 23.2. The van der Waals surface area contributed by atoms with Crippen LogP contribution in [-0.2, 0) is 6.42 Å². The number of aromatic amines is 1. The van der Waals surface area contributed by atoms with E-state index in [9.17, 15) is 0 Å². The second-order valence-electron chi connectivity index (χ2n) is 3.31. The van der Waals surface area contributed by atoms with Crippen LogP contribution in [0.2, 0.25) is 0 Å². The zero-order valence-electron chi connectivity index (χ0n) is 6.93. The zero-order valence-corrected chi connectivity index (χ0v) is 6.93. The topological polar surface area (TPSA) is 28.7 Å². The standard InChI is InChI=1S/C9H14N2/c1-2-7-4-3-5-8-6-10-11-9(7)8/h6-7H,2-5H2,1H3,(H,10,11). The maximum Gasteiger partial charge on any atom is 0.0522 e. The number of aromatic nitrogens is 2. The molecule has 1 aliphatic rings. The van der Waals surface area contributed by atoms with E-state index >= 15 is 0 Å². The van der Waals surface area contributed by atoms with Gasteiger partial charge in [0.15, 0.2) is 0 Å². The minimum Gasteiger partial charge on any atom is -0.282 e. The Kier molecular flexibility index (Phi) is 1.68. The van der Waals surface area contributed by atoms with Crippen LogP contribution in [0.15, 0.2) is 6.20 Å². The van der Waals surface area contributed by atoms with Crippen molar-refractivity contribution < 1.29 is 0 Å². The van der Waals surface area contributed by atoms with Gasteiger partial charge in [0, 0.05) is 11.6 Å². The smallest absolute Gasteiger partial charge is 0.0522 e. The molecule has 1 aliphatic carbocycles. The molecular formula is C9H14N2. The Hall–Kier alpha value is -0.790. The summed E-state index contributed by atoms with van der Waals surface area (Å²) in [6.07, 6.45) is 7.13. The fraction of sp³-hybridized carbons (Fsp3) is 0.667. The highest BCUT2D eigenvalue weighted by atomic mass is 15.1. The number of fused-ring (bicyclic) bond motifs is 1. The van der Waals surface area contributed by atoms with Crippen LogP contribution < -0.4 is 0 Å². The van der Waals surface area contributed by atoms with E-state index in [0.29, 0.717) is 0 Å². The van der Waals surface area contributed by atoms with Gasteiger partial charge in [-0.05, 0) is 31.2 Å². The molecule has 1 unspecified atom stereocenters. The average Bonchev–Trinajstić information content (AvgIpc) is 2.50. The molecule has 1 heterocycles. The van der Waals surface area contributed by atoms with Gasteiger partial charge < -0.3 is 0 Å². The summed E-state index contributed by atoms with van der Waals surface area (Å²) in [4.78, 5) is 0. The fourth-order valence-electron chi connectivity index (χ4n) is 1.97. The van der Waals surface area contributed by atoms with Crippen molar-refractivity contribution >= 4 is 0 Å². The lowest BCUT2D eigenvalue weighted by molar-refractivity contribution is 0.528. The van der Waals surface area contributed by atoms with Crippen molar-refractivity contribution in [2.45, 2.75) is 38.5 Å². The molecule has 0 spiro atoms. The minimum absolute atomic E-state index is 0.751. The summed E-state index contributed by atoms with van der Waals surface area (Å²) in [5, 5.41) is 7.19. The SMILES string of the molecule is CCC1CCCc2cn[nH]c21. The second kappa shape index (κ2) is 2.68. The van der Waals surface area contributed by atoms with Crippen molar-refractivity contribution in [1.29, 1.82) is 0 Å². The lowest BCUT2D eigenvalue weighted by atomic mass is 9.86. The molecule has 0 saturated carbocycles. The Bertz CT molecular complexity index is 239. The molecular weight excluding hydrogens is 136 g/mol. The van der Waals surface area contributed by atoms with Crippen LogP contribution in [0.25, 0.3) is 0 Å². The van der Waals surface area contributed by atoms with Crippen LogP contribution in [0.1, 0.15) is 43.4 Å². The molecule has 0 bridgehead atoms. The van der Waals surface area contributed by atoms with E-state index in [-0.39, 0.29) is 0 Å². The van der Waals surface area contributed by atoms with E-state index in [1.165, 1.54) is 36.9 Å². The number of nitrogens with one attached hydrogen (secondary N) is 1. The Morgan fingerprint density at radius 3 is 3.45 bits per heavy atom. The van der Waals surface area contributed by atoms with E-state index in [1.54, 1.807) is 0 Å². The highest BCUT2D eigenvalue weighted by Gasteiger charge is 2.19. The number of nitrogens with zero attached hydrogens (tertiary/aromatic N) is 1. The van der Waals surface area contributed by atoms with Crippen LogP contribution >= 0.6 is 0 Å². The van der Waals surface area contributed by atoms with E-state index < -0.39 is 0 Å². The van der Waals surface area contributed by atoms with Gasteiger partial charge in [-0.25, -0.2) is 0 Å². The molecule has 1 N–H and O–H groups in total. The van der Waals surface area contributed by atoms with Crippen LogP contribution in [0.5, 0.6) is 0 Å². The lowest BCUT2D eigenvalue weighted by Gasteiger charge is -2.19. The Morgan fingerprint density at radius 1 is 1.73 bits per heavy atom. The van der Waals surface area contributed by atoms with Crippen molar-refractivity contribution in [2.24, 2.45) is 0 Å². The van der Waals surface area contributed by atoms with Crippen LogP contribution in [0, 0.1) is 0 Å². The summed E-state index contributed by atoms with van der Waals surface area (Å²) in [6.45, 7) is 2.25. The minimum atomic E-state index is 0.751. The van der Waals surface area contributed by atoms with Gasteiger partial charge in [-0.3, -0.25) is 5.10 Å². The molecule has 11 heavy (non-hydrogen) atoms. The summed E-state index contributed by atoms with van der Waals surface area (Å²) < 4.78 is 0. The number of rotatable bonds is 1. The molecule has 2 rings (SSSR count). The molecule has 1 aromatic rings. The van der Waals surface area contributed by atoms with Crippen molar-refractivity contribution in [1.82, 2.24) is 10.2 Å². The van der Waals surface area contributed by atoms with Crippen molar-refractivity contribution in [3.05, 3.63) is 17.5 Å². The third-order valence-corrected chi connectivity index (χ3v) is 2.65. The van der Waals surface area contributed by atoms with Gasteiger partial charge in [0.1, 0.15) is 0 Å². The van der Waals surface area contributed by atoms with E-state index in [0.717, 1.165) is 5.92 Å². The van der Waals surface area contributed by atoms with Gasteiger partial charge in [0.05, 0.1) is 6.20 Å². The Morgan fingerprint density at radius 2 is 2.64 bits per heavy atom. The first-order valence-corrected chi connectivity index (χ1v) is 4.44. The van der Waals surface area contributed by atoms with Gasteiger partial charge in [-0.1, -0.05) is 6.92 Å². The average molecular weight is 150 g/mol. The molecule has 0 amide bonds. The second-order valence-corrected chi connectivity index (χ2v) is 3.31. The number of H-pyrrole nitrogens is 1. The van der Waals surface area contributed by atoms with Gasteiger partial charge in [0.2, 0.25) is 0 Å². The van der Waals surface area contributed by atoms with Crippen LogP contribution in [-0.4, -0.2) is 10.2 Å². The highest BCUT2D eigenvalue weighted by Crippen LogP contribution is 2.31. The summed E-state index contributed by atoms with van der Waals surface area (Å²) in [7, 11) is 0. The summed E-state index contributed by atoms with van der Waals surface area (Å²) >= 11 is 0. The number of hydrogen-bond donors (Lipinski definition) is 1. The monoisotopic (exact) mass is 150 g/mol. The highest BCUT2D eigenvalue weighted by molar-refractivity contribution is 5.23. The van der Waals surface area contributed by atoms with Gasteiger partial charge in [0.25, 0.3) is 0 Å². The summed E-state index contributed by atoms with van der Waals surface area (Å²) in [5.41, 5.74) is 2.85. The molecule has 1 atom stereocenters. The largest absolute Gasteiger partial charge is 0.282 e. The first kappa shape index (κ1) is 6.89. The lowest BCUT2D eigenvalue weighted by Crippen LogP contribution is -2.07. The summed E-state index contributed by atoms with van der Waals surface area (Å²) in [5.74, 6) is 0.751. The van der Waals surface area contributed by atoms with Crippen LogP contribution in [0.3, 0.4) is 0 Å². The van der Waals surface area contributed by atoms with E-state index in [4.69, 9.17) is 0 Å². The zero-order chi connectivity index (χ0) is 7.68. The van der Waals surface area contributed by atoms with Gasteiger partial charge in [-0.15, -0.1) is 0 Å².